The average Bonchev–Trinajstić information content (AvgIpc) is 2.57. The summed E-state index contributed by atoms with van der Waals surface area (Å²) in [5, 5.41) is 3.33. The van der Waals surface area contributed by atoms with Gasteiger partial charge >= 0.3 is 5.69 Å². The molecule has 0 saturated heterocycles. The van der Waals surface area contributed by atoms with Crippen LogP contribution in [0.4, 0.5) is 0 Å². The van der Waals surface area contributed by atoms with Gasteiger partial charge in [0.1, 0.15) is 0 Å². The summed E-state index contributed by atoms with van der Waals surface area (Å²) >= 11 is 0. The number of nitrogens with one attached hydrogen (secondary N) is 3. The van der Waals surface area contributed by atoms with Gasteiger partial charge in [0.25, 0.3) is 0 Å². The molecule has 4 nitrogen and oxygen atoms in total. The van der Waals surface area contributed by atoms with Crippen molar-refractivity contribution in [3.63, 3.8) is 0 Å². The minimum absolute atomic E-state index is 0.154. The van der Waals surface area contributed by atoms with E-state index < -0.39 is 0 Å². The van der Waals surface area contributed by atoms with E-state index >= 15 is 0 Å². The van der Waals surface area contributed by atoms with E-state index in [1.54, 1.807) is 0 Å². The Hall–Kier alpha value is -1.55. The van der Waals surface area contributed by atoms with Gasteiger partial charge in [-0.3, -0.25) is 0 Å². The van der Waals surface area contributed by atoms with E-state index in [0.29, 0.717) is 6.04 Å². The number of rotatable bonds is 3. The molecule has 0 aliphatic rings. The molecule has 4 heteroatoms. The van der Waals surface area contributed by atoms with Crippen LogP contribution in [0, 0.1) is 0 Å². The molecule has 0 aliphatic carbocycles. The fourth-order valence-electron chi connectivity index (χ4n) is 1.74. The molecule has 0 spiro atoms. The number of benzene rings is 1. The number of fused-ring (bicyclic) bond motifs is 1. The zero-order valence-electron chi connectivity index (χ0n) is 8.92. The molecule has 3 N–H and O–H groups in total. The highest BCUT2D eigenvalue weighted by molar-refractivity contribution is 5.75. The van der Waals surface area contributed by atoms with E-state index in [0.717, 1.165) is 17.6 Å². The molecule has 15 heavy (non-hydrogen) atoms. The van der Waals surface area contributed by atoms with Crippen LogP contribution in [-0.2, 0) is 0 Å². The monoisotopic (exact) mass is 205 g/mol. The lowest BCUT2D eigenvalue weighted by Gasteiger charge is -2.12. The molecule has 1 unspecified atom stereocenters. The first-order chi connectivity index (χ1) is 7.20. The Morgan fingerprint density at radius 2 is 2.07 bits per heavy atom. The molecule has 0 fully saturated rings. The highest BCUT2D eigenvalue weighted by atomic mass is 16.1. The predicted octanol–water partition coefficient (Wildman–Crippen LogP) is 1.53. The molecule has 0 aliphatic heterocycles. The zero-order chi connectivity index (χ0) is 10.8. The van der Waals surface area contributed by atoms with Crippen LogP contribution >= 0.6 is 0 Å². The van der Waals surface area contributed by atoms with E-state index in [4.69, 9.17) is 0 Å². The normalized spacial score (nSPS) is 13.2. The predicted molar refractivity (Wildman–Crippen MR) is 61.0 cm³/mol. The molecule has 0 saturated carbocycles. The van der Waals surface area contributed by atoms with Gasteiger partial charge in [-0.2, -0.15) is 0 Å². The Balaban J connectivity index is 2.41. The largest absolute Gasteiger partial charge is 0.323 e. The number of imidazole rings is 1. The lowest BCUT2D eigenvalue weighted by molar-refractivity contribution is 0.598. The van der Waals surface area contributed by atoms with Crippen molar-refractivity contribution < 1.29 is 0 Å². The van der Waals surface area contributed by atoms with Gasteiger partial charge in [-0.15, -0.1) is 0 Å². The molecule has 1 atom stereocenters. The van der Waals surface area contributed by atoms with Gasteiger partial charge < -0.3 is 15.3 Å². The smallest absolute Gasteiger partial charge is 0.310 e. The molecule has 0 bridgehead atoms. The highest BCUT2D eigenvalue weighted by Crippen LogP contribution is 2.16. The summed E-state index contributed by atoms with van der Waals surface area (Å²) in [5.74, 6) is 0. The number of hydrogen-bond donors (Lipinski definition) is 3. The fourth-order valence-corrected chi connectivity index (χ4v) is 1.74. The number of aromatic nitrogens is 2. The summed E-state index contributed by atoms with van der Waals surface area (Å²) < 4.78 is 0. The summed E-state index contributed by atoms with van der Waals surface area (Å²) in [4.78, 5) is 16.6. The topological polar surface area (TPSA) is 60.7 Å². The zero-order valence-corrected chi connectivity index (χ0v) is 8.92. The van der Waals surface area contributed by atoms with Crippen molar-refractivity contribution in [2.75, 3.05) is 6.54 Å². The maximum Gasteiger partial charge on any atom is 0.323 e. The number of aromatic amines is 2. The third-order valence-electron chi connectivity index (χ3n) is 2.55. The summed E-state index contributed by atoms with van der Waals surface area (Å²) in [5.41, 5.74) is 2.74. The Labute approximate surface area is 87.7 Å². The van der Waals surface area contributed by atoms with Gasteiger partial charge in [-0.25, -0.2) is 4.79 Å². The Kier molecular flexibility index (Phi) is 2.60. The maximum absolute atomic E-state index is 11.1. The van der Waals surface area contributed by atoms with Crippen LogP contribution in [0.1, 0.15) is 25.5 Å². The van der Waals surface area contributed by atoms with Crippen LogP contribution in [0.3, 0.4) is 0 Å². The molecular formula is C11H15N3O. The van der Waals surface area contributed by atoms with Crippen LogP contribution in [0.15, 0.2) is 23.0 Å². The Morgan fingerprint density at radius 1 is 1.33 bits per heavy atom. The Morgan fingerprint density at radius 3 is 2.80 bits per heavy atom. The van der Waals surface area contributed by atoms with Crippen molar-refractivity contribution in [1.82, 2.24) is 15.3 Å². The lowest BCUT2D eigenvalue weighted by atomic mass is 10.1. The minimum atomic E-state index is -0.154. The molecular weight excluding hydrogens is 190 g/mol. The van der Waals surface area contributed by atoms with Crippen molar-refractivity contribution in [3.05, 3.63) is 34.2 Å². The molecule has 1 aromatic heterocycles. The number of hydrogen-bond acceptors (Lipinski definition) is 2. The average molecular weight is 205 g/mol. The molecule has 2 aromatic rings. The number of H-pyrrole nitrogens is 2. The van der Waals surface area contributed by atoms with Crippen molar-refractivity contribution in [1.29, 1.82) is 0 Å². The van der Waals surface area contributed by atoms with Gasteiger partial charge in [0.15, 0.2) is 0 Å². The van der Waals surface area contributed by atoms with E-state index in [2.05, 4.69) is 29.1 Å². The molecule has 0 radical (unpaired) electrons. The molecule has 2 rings (SSSR count). The maximum atomic E-state index is 11.1. The third-order valence-corrected chi connectivity index (χ3v) is 2.55. The van der Waals surface area contributed by atoms with Crippen LogP contribution < -0.4 is 11.0 Å². The second-order valence-corrected chi connectivity index (χ2v) is 3.66. The minimum Gasteiger partial charge on any atom is -0.310 e. The van der Waals surface area contributed by atoms with Crippen molar-refractivity contribution in [3.8, 4) is 0 Å². The first-order valence-corrected chi connectivity index (χ1v) is 5.16. The van der Waals surface area contributed by atoms with E-state index in [1.807, 2.05) is 18.2 Å². The molecule has 80 valence electrons. The summed E-state index contributed by atoms with van der Waals surface area (Å²) in [6, 6.07) is 6.26. The van der Waals surface area contributed by atoms with Crippen molar-refractivity contribution in [2.45, 2.75) is 19.9 Å². The van der Waals surface area contributed by atoms with Crippen LogP contribution in [0.5, 0.6) is 0 Å². The summed E-state index contributed by atoms with van der Waals surface area (Å²) in [7, 11) is 0. The molecule has 0 amide bonds. The second kappa shape index (κ2) is 3.90. The Bertz CT molecular complexity index is 512. The van der Waals surface area contributed by atoms with Gasteiger partial charge in [-0.1, -0.05) is 13.0 Å². The van der Waals surface area contributed by atoms with Gasteiger partial charge in [0.05, 0.1) is 11.0 Å². The summed E-state index contributed by atoms with van der Waals surface area (Å²) in [6.07, 6.45) is 0. The van der Waals surface area contributed by atoms with Crippen LogP contribution in [0.2, 0.25) is 0 Å². The van der Waals surface area contributed by atoms with Gasteiger partial charge in [0, 0.05) is 6.04 Å². The SMILES string of the molecule is CCNC(C)c1ccc2[nH]c(=O)[nH]c2c1. The summed E-state index contributed by atoms with van der Waals surface area (Å²) in [6.45, 7) is 5.12. The highest BCUT2D eigenvalue weighted by Gasteiger charge is 2.05. The second-order valence-electron chi connectivity index (χ2n) is 3.66. The quantitative estimate of drug-likeness (QED) is 0.711. The van der Waals surface area contributed by atoms with E-state index in [1.165, 1.54) is 5.56 Å². The van der Waals surface area contributed by atoms with Crippen LogP contribution in [0.25, 0.3) is 11.0 Å². The van der Waals surface area contributed by atoms with Crippen molar-refractivity contribution >= 4 is 11.0 Å². The third kappa shape index (κ3) is 1.94. The van der Waals surface area contributed by atoms with Crippen molar-refractivity contribution in [2.24, 2.45) is 0 Å². The van der Waals surface area contributed by atoms with E-state index in [9.17, 15) is 4.79 Å². The fraction of sp³-hybridized carbons (Fsp3) is 0.364. The molecule has 1 heterocycles. The van der Waals surface area contributed by atoms with E-state index in [-0.39, 0.29) is 5.69 Å². The van der Waals surface area contributed by atoms with Gasteiger partial charge in [-0.05, 0) is 31.2 Å². The standard InChI is InChI=1S/C11H15N3O/c1-3-12-7(2)8-4-5-9-10(6-8)14-11(15)13-9/h4-7,12H,3H2,1-2H3,(H2,13,14,15). The lowest BCUT2D eigenvalue weighted by Crippen LogP contribution is -2.17. The van der Waals surface area contributed by atoms with Gasteiger partial charge in [0.2, 0.25) is 0 Å². The molecule has 1 aromatic carbocycles. The first kappa shape index (κ1) is 9.98. The van der Waals surface area contributed by atoms with Crippen LogP contribution in [-0.4, -0.2) is 16.5 Å². The first-order valence-electron chi connectivity index (χ1n) is 5.16.